The zero-order chi connectivity index (χ0) is 9.68. The average Bonchev–Trinajstić information content (AvgIpc) is 2.15. The first-order valence-corrected chi connectivity index (χ1v) is 3.83. The van der Waals surface area contributed by atoms with E-state index >= 15 is 0 Å². The van der Waals surface area contributed by atoms with Crippen LogP contribution < -0.4 is 11.1 Å². The maximum Gasteiger partial charge on any atom is 0.404 e. The van der Waals surface area contributed by atoms with Crippen LogP contribution in [-0.2, 0) is 0 Å². The van der Waals surface area contributed by atoms with Crippen molar-refractivity contribution in [3.63, 3.8) is 0 Å². The maximum atomic E-state index is 10.1. The molecule has 1 rings (SSSR count). The number of nitrogens with zero attached hydrogens (tertiary/aromatic N) is 1. The number of hydrogen-bond donors (Lipinski definition) is 3. The molecule has 0 fully saturated rings. The van der Waals surface area contributed by atoms with E-state index in [0.29, 0.717) is 5.69 Å². The van der Waals surface area contributed by atoms with Crippen LogP contribution >= 0.6 is 0 Å². The maximum absolute atomic E-state index is 10.1. The normalized spacial score (nSPS) is 12.1. The molecular weight excluding hydrogens is 170 g/mol. The molecule has 0 aliphatic rings. The lowest BCUT2D eigenvalue weighted by Gasteiger charge is -2.09. The second-order valence-electron chi connectivity index (χ2n) is 2.55. The average molecular weight is 181 g/mol. The highest BCUT2D eigenvalue weighted by Gasteiger charge is 2.07. The molecule has 0 radical (unpaired) electrons. The molecule has 5 nitrogen and oxygen atoms in total. The Bertz CT molecular complexity index is 276. The van der Waals surface area contributed by atoms with Crippen LogP contribution in [0.5, 0.6) is 0 Å². The Hall–Kier alpha value is -1.62. The fraction of sp³-hybridized carbons (Fsp3) is 0.250. The molecule has 1 amide bonds. The molecule has 1 aromatic rings. The van der Waals surface area contributed by atoms with Gasteiger partial charge in [-0.1, -0.05) is 6.07 Å². The van der Waals surface area contributed by atoms with E-state index in [2.05, 4.69) is 10.3 Å². The predicted octanol–water partition coefficient (Wildman–Crippen LogP) is 0.349. The Balaban J connectivity index is 2.49. The Kier molecular flexibility index (Phi) is 3.22. The van der Waals surface area contributed by atoms with Gasteiger partial charge in [0.25, 0.3) is 0 Å². The van der Waals surface area contributed by atoms with Gasteiger partial charge in [0.2, 0.25) is 0 Å². The number of amides is 1. The van der Waals surface area contributed by atoms with Gasteiger partial charge in [-0.05, 0) is 12.1 Å². The van der Waals surface area contributed by atoms with Crippen molar-refractivity contribution in [1.82, 2.24) is 10.3 Å². The Morgan fingerprint density at radius 1 is 1.69 bits per heavy atom. The summed E-state index contributed by atoms with van der Waals surface area (Å²) in [5.41, 5.74) is 6.33. The number of carbonyl (C=O) groups is 1. The standard InChI is InChI=1S/C8H11N3O2/c9-6(5-11-8(12)13)7-3-1-2-4-10-7/h1-4,6,11H,5,9H2,(H,12,13). The minimum Gasteiger partial charge on any atom is -0.465 e. The lowest BCUT2D eigenvalue weighted by Crippen LogP contribution is -2.31. The third-order valence-electron chi connectivity index (χ3n) is 1.54. The van der Waals surface area contributed by atoms with Gasteiger partial charge in [-0.15, -0.1) is 0 Å². The third kappa shape index (κ3) is 3.08. The van der Waals surface area contributed by atoms with Crippen LogP contribution in [0.25, 0.3) is 0 Å². The SMILES string of the molecule is NC(CNC(=O)O)c1ccccn1. The minimum atomic E-state index is -1.08. The van der Waals surface area contributed by atoms with Crippen molar-refractivity contribution in [2.24, 2.45) is 5.73 Å². The van der Waals surface area contributed by atoms with Crippen LogP contribution in [0.4, 0.5) is 4.79 Å². The van der Waals surface area contributed by atoms with E-state index < -0.39 is 12.1 Å². The number of nitrogens with one attached hydrogen (secondary N) is 1. The molecule has 0 aliphatic carbocycles. The number of aromatic nitrogens is 1. The molecule has 0 aromatic carbocycles. The van der Waals surface area contributed by atoms with Crippen LogP contribution in [0.2, 0.25) is 0 Å². The van der Waals surface area contributed by atoms with Crippen molar-refractivity contribution < 1.29 is 9.90 Å². The van der Waals surface area contributed by atoms with Crippen molar-refractivity contribution in [3.05, 3.63) is 30.1 Å². The largest absolute Gasteiger partial charge is 0.465 e. The summed E-state index contributed by atoms with van der Waals surface area (Å²) in [5, 5.41) is 10.5. The first-order valence-electron chi connectivity index (χ1n) is 3.83. The highest BCUT2D eigenvalue weighted by atomic mass is 16.4. The second-order valence-corrected chi connectivity index (χ2v) is 2.55. The van der Waals surface area contributed by atoms with Gasteiger partial charge in [0, 0.05) is 12.7 Å². The fourth-order valence-corrected chi connectivity index (χ4v) is 0.897. The van der Waals surface area contributed by atoms with Gasteiger partial charge in [0.05, 0.1) is 11.7 Å². The van der Waals surface area contributed by atoms with Gasteiger partial charge in [-0.3, -0.25) is 4.98 Å². The molecule has 5 heteroatoms. The summed E-state index contributed by atoms with van der Waals surface area (Å²) < 4.78 is 0. The van der Waals surface area contributed by atoms with Crippen LogP contribution in [0.15, 0.2) is 24.4 Å². The summed E-state index contributed by atoms with van der Waals surface area (Å²) in [6.45, 7) is 0.173. The summed E-state index contributed by atoms with van der Waals surface area (Å²) >= 11 is 0. The summed E-state index contributed by atoms with van der Waals surface area (Å²) in [7, 11) is 0. The quantitative estimate of drug-likeness (QED) is 0.627. The summed E-state index contributed by atoms with van der Waals surface area (Å²) in [6, 6.07) is 4.95. The number of nitrogens with two attached hydrogens (primary N) is 1. The van der Waals surface area contributed by atoms with Crippen molar-refractivity contribution >= 4 is 6.09 Å². The van der Waals surface area contributed by atoms with E-state index in [-0.39, 0.29) is 6.54 Å². The first kappa shape index (κ1) is 9.47. The van der Waals surface area contributed by atoms with Gasteiger partial charge >= 0.3 is 6.09 Å². The number of rotatable bonds is 3. The molecule has 0 saturated carbocycles. The van der Waals surface area contributed by atoms with Crippen LogP contribution in [-0.4, -0.2) is 22.7 Å². The summed E-state index contributed by atoms with van der Waals surface area (Å²) in [6.07, 6.45) is 0.544. The van der Waals surface area contributed by atoms with Gasteiger partial charge in [0.1, 0.15) is 0 Å². The number of hydrogen-bond acceptors (Lipinski definition) is 3. The summed E-state index contributed by atoms with van der Waals surface area (Å²) in [5.74, 6) is 0. The molecule has 1 unspecified atom stereocenters. The third-order valence-corrected chi connectivity index (χ3v) is 1.54. The Labute approximate surface area is 75.6 Å². The topological polar surface area (TPSA) is 88.2 Å². The minimum absolute atomic E-state index is 0.173. The monoisotopic (exact) mass is 181 g/mol. The zero-order valence-corrected chi connectivity index (χ0v) is 6.97. The zero-order valence-electron chi connectivity index (χ0n) is 6.97. The Morgan fingerprint density at radius 2 is 2.46 bits per heavy atom. The highest BCUT2D eigenvalue weighted by Crippen LogP contribution is 2.03. The molecule has 0 spiro atoms. The van der Waals surface area contributed by atoms with Gasteiger partial charge < -0.3 is 16.2 Å². The van der Waals surface area contributed by atoms with E-state index in [1.807, 2.05) is 6.07 Å². The van der Waals surface area contributed by atoms with Crippen LogP contribution in [0.3, 0.4) is 0 Å². The molecule has 4 N–H and O–H groups in total. The molecule has 0 aliphatic heterocycles. The molecule has 13 heavy (non-hydrogen) atoms. The van der Waals surface area contributed by atoms with Gasteiger partial charge in [-0.25, -0.2) is 4.79 Å². The van der Waals surface area contributed by atoms with E-state index in [9.17, 15) is 4.79 Å². The number of pyridine rings is 1. The highest BCUT2D eigenvalue weighted by molar-refractivity contribution is 5.64. The lowest BCUT2D eigenvalue weighted by molar-refractivity contribution is 0.193. The van der Waals surface area contributed by atoms with E-state index in [1.165, 1.54) is 0 Å². The Morgan fingerprint density at radius 3 is 3.00 bits per heavy atom. The lowest BCUT2D eigenvalue weighted by atomic mass is 10.2. The second kappa shape index (κ2) is 4.42. The van der Waals surface area contributed by atoms with E-state index in [0.717, 1.165) is 0 Å². The van der Waals surface area contributed by atoms with Gasteiger partial charge in [-0.2, -0.15) is 0 Å². The molecule has 0 saturated heterocycles. The molecular formula is C8H11N3O2. The molecule has 70 valence electrons. The molecule has 0 bridgehead atoms. The van der Waals surface area contributed by atoms with E-state index in [1.54, 1.807) is 18.3 Å². The van der Waals surface area contributed by atoms with Crippen molar-refractivity contribution in [2.45, 2.75) is 6.04 Å². The number of carboxylic acid groups (broad SMARTS) is 1. The van der Waals surface area contributed by atoms with E-state index in [4.69, 9.17) is 10.8 Å². The molecule has 1 heterocycles. The smallest absolute Gasteiger partial charge is 0.404 e. The van der Waals surface area contributed by atoms with Crippen molar-refractivity contribution in [3.8, 4) is 0 Å². The van der Waals surface area contributed by atoms with Crippen LogP contribution in [0.1, 0.15) is 11.7 Å². The fourth-order valence-electron chi connectivity index (χ4n) is 0.897. The van der Waals surface area contributed by atoms with Gasteiger partial charge in [0.15, 0.2) is 0 Å². The summed E-state index contributed by atoms with van der Waals surface area (Å²) in [4.78, 5) is 14.1. The van der Waals surface area contributed by atoms with Crippen molar-refractivity contribution in [2.75, 3.05) is 6.54 Å². The molecule has 1 aromatic heterocycles. The predicted molar refractivity (Wildman–Crippen MR) is 47.2 cm³/mol. The van der Waals surface area contributed by atoms with Crippen LogP contribution in [0, 0.1) is 0 Å². The molecule has 1 atom stereocenters. The van der Waals surface area contributed by atoms with Crippen molar-refractivity contribution in [1.29, 1.82) is 0 Å². The first-order chi connectivity index (χ1) is 6.20.